The van der Waals surface area contributed by atoms with Gasteiger partial charge in [0, 0.05) is 44.4 Å². The first-order valence-electron chi connectivity index (χ1n) is 11.1. The van der Waals surface area contributed by atoms with Crippen molar-refractivity contribution in [3.8, 4) is 0 Å². The molecular formula is C25H30N4O. The summed E-state index contributed by atoms with van der Waals surface area (Å²) in [5.74, 6) is 2.05. The normalized spacial score (nSPS) is 13.7. The molecule has 1 aliphatic rings. The van der Waals surface area contributed by atoms with E-state index in [-0.39, 0.29) is 5.91 Å². The second-order valence-electron chi connectivity index (χ2n) is 7.89. The highest BCUT2D eigenvalue weighted by atomic mass is 16.2. The minimum atomic E-state index is 0.256. The molecule has 5 nitrogen and oxygen atoms in total. The van der Waals surface area contributed by atoms with Gasteiger partial charge in [0.2, 0.25) is 5.91 Å². The zero-order valence-corrected chi connectivity index (χ0v) is 17.8. The van der Waals surface area contributed by atoms with Crippen molar-refractivity contribution >= 4 is 22.6 Å². The van der Waals surface area contributed by atoms with Gasteiger partial charge in [-0.3, -0.25) is 4.79 Å². The predicted molar refractivity (Wildman–Crippen MR) is 122 cm³/mol. The molecule has 0 radical (unpaired) electrons. The average Bonchev–Trinajstić information content (AvgIpc) is 3.34. The highest BCUT2D eigenvalue weighted by Gasteiger charge is 2.20. The van der Waals surface area contributed by atoms with Crippen LogP contribution in [-0.2, 0) is 17.6 Å². The van der Waals surface area contributed by atoms with E-state index in [2.05, 4.69) is 42.2 Å². The first-order valence-corrected chi connectivity index (χ1v) is 11.1. The van der Waals surface area contributed by atoms with Crippen molar-refractivity contribution in [1.29, 1.82) is 0 Å². The summed E-state index contributed by atoms with van der Waals surface area (Å²) in [7, 11) is 0. The summed E-state index contributed by atoms with van der Waals surface area (Å²) in [5, 5.41) is 1.05. The fraction of sp³-hybridized carbons (Fsp3) is 0.400. The van der Waals surface area contributed by atoms with Crippen LogP contribution < -0.4 is 4.90 Å². The van der Waals surface area contributed by atoms with Crippen LogP contribution in [0.4, 0.5) is 5.82 Å². The van der Waals surface area contributed by atoms with Gasteiger partial charge in [-0.15, -0.1) is 0 Å². The molecular weight excluding hydrogens is 372 g/mol. The maximum Gasteiger partial charge on any atom is 0.224 e. The van der Waals surface area contributed by atoms with Gasteiger partial charge < -0.3 is 9.80 Å². The summed E-state index contributed by atoms with van der Waals surface area (Å²) < 4.78 is 0. The van der Waals surface area contributed by atoms with Gasteiger partial charge >= 0.3 is 0 Å². The smallest absolute Gasteiger partial charge is 0.224 e. The Labute approximate surface area is 178 Å². The summed E-state index contributed by atoms with van der Waals surface area (Å²) in [5.41, 5.74) is 2.26. The van der Waals surface area contributed by atoms with Gasteiger partial charge in [0.15, 0.2) is 0 Å². The number of carbonyl (C=O) groups is 1. The molecule has 0 bridgehead atoms. The number of fused-ring (bicyclic) bond motifs is 1. The number of aryl methyl sites for hydroxylation is 1. The number of amides is 1. The quantitative estimate of drug-likeness (QED) is 0.565. The predicted octanol–water partition coefficient (Wildman–Crippen LogP) is 4.25. The average molecular weight is 403 g/mol. The third kappa shape index (κ3) is 4.78. The molecule has 1 fully saturated rings. The summed E-state index contributed by atoms with van der Waals surface area (Å²) in [4.78, 5) is 26.6. The molecule has 2 heterocycles. The number of hydrogen-bond donors (Lipinski definition) is 0. The highest BCUT2D eigenvalue weighted by Crippen LogP contribution is 2.25. The summed E-state index contributed by atoms with van der Waals surface area (Å²) in [6, 6.07) is 18.7. The van der Waals surface area contributed by atoms with Crippen molar-refractivity contribution in [2.75, 3.05) is 31.1 Å². The molecule has 1 aliphatic heterocycles. The number of aromatic nitrogens is 2. The van der Waals surface area contributed by atoms with E-state index < -0.39 is 0 Å². The van der Waals surface area contributed by atoms with E-state index >= 15 is 0 Å². The largest absolute Gasteiger partial charge is 0.355 e. The number of anilines is 1. The monoisotopic (exact) mass is 402 g/mol. The van der Waals surface area contributed by atoms with Crippen molar-refractivity contribution in [3.63, 3.8) is 0 Å². The van der Waals surface area contributed by atoms with Crippen LogP contribution >= 0.6 is 0 Å². The molecule has 156 valence electrons. The Hall–Kier alpha value is -2.95. The van der Waals surface area contributed by atoms with Gasteiger partial charge in [-0.1, -0.05) is 49.4 Å². The molecule has 3 aromatic rings. The number of para-hydroxylation sites is 1. The van der Waals surface area contributed by atoms with E-state index in [1.165, 1.54) is 5.56 Å². The van der Waals surface area contributed by atoms with Crippen LogP contribution in [0.15, 0.2) is 54.6 Å². The van der Waals surface area contributed by atoms with Crippen LogP contribution in [0, 0.1) is 0 Å². The molecule has 0 N–H and O–H groups in total. The van der Waals surface area contributed by atoms with E-state index in [0.29, 0.717) is 13.0 Å². The second kappa shape index (κ2) is 9.70. The van der Waals surface area contributed by atoms with Gasteiger partial charge in [0.25, 0.3) is 0 Å². The summed E-state index contributed by atoms with van der Waals surface area (Å²) in [6.07, 6.45) is 4.48. The molecule has 1 amide bonds. The van der Waals surface area contributed by atoms with E-state index in [0.717, 1.165) is 67.9 Å². The molecule has 4 rings (SSSR count). The lowest BCUT2D eigenvalue weighted by Gasteiger charge is -2.26. The van der Waals surface area contributed by atoms with E-state index in [4.69, 9.17) is 9.97 Å². The van der Waals surface area contributed by atoms with Crippen molar-refractivity contribution < 1.29 is 4.79 Å². The number of hydrogen-bond acceptors (Lipinski definition) is 4. The maximum atomic E-state index is 12.7. The van der Waals surface area contributed by atoms with Crippen LogP contribution in [-0.4, -0.2) is 47.0 Å². The molecule has 0 unspecified atom stereocenters. The number of likely N-dealkylation sites (tertiary alicyclic amines) is 1. The SMILES string of the molecule is CCc1nc(N(CCC(=O)N2CCCC2)CCc2ccccc2)c2ccccc2n1. The Morgan fingerprint density at radius 3 is 2.47 bits per heavy atom. The minimum absolute atomic E-state index is 0.256. The lowest BCUT2D eigenvalue weighted by molar-refractivity contribution is -0.129. The van der Waals surface area contributed by atoms with Crippen LogP contribution in [0.25, 0.3) is 10.9 Å². The molecule has 0 aliphatic carbocycles. The molecule has 0 atom stereocenters. The lowest BCUT2D eigenvalue weighted by Crippen LogP contribution is -2.34. The van der Waals surface area contributed by atoms with Crippen molar-refractivity contribution in [2.24, 2.45) is 0 Å². The Morgan fingerprint density at radius 2 is 1.70 bits per heavy atom. The van der Waals surface area contributed by atoms with Gasteiger partial charge in [-0.05, 0) is 37.0 Å². The Kier molecular flexibility index (Phi) is 6.57. The van der Waals surface area contributed by atoms with Crippen molar-refractivity contribution in [1.82, 2.24) is 14.9 Å². The highest BCUT2D eigenvalue weighted by molar-refractivity contribution is 5.89. The Balaban J connectivity index is 1.60. The number of nitrogens with zero attached hydrogens (tertiary/aromatic N) is 4. The van der Waals surface area contributed by atoms with Crippen molar-refractivity contribution in [2.45, 2.75) is 39.0 Å². The Morgan fingerprint density at radius 1 is 0.967 bits per heavy atom. The van der Waals surface area contributed by atoms with Gasteiger partial charge in [0.05, 0.1) is 5.52 Å². The van der Waals surface area contributed by atoms with Crippen LogP contribution in [0.1, 0.15) is 37.6 Å². The van der Waals surface area contributed by atoms with Gasteiger partial charge in [0.1, 0.15) is 11.6 Å². The molecule has 5 heteroatoms. The molecule has 0 saturated carbocycles. The third-order valence-electron chi connectivity index (χ3n) is 5.81. The molecule has 30 heavy (non-hydrogen) atoms. The lowest BCUT2D eigenvalue weighted by atomic mass is 10.1. The number of rotatable bonds is 8. The zero-order valence-electron chi connectivity index (χ0n) is 17.8. The van der Waals surface area contributed by atoms with E-state index in [9.17, 15) is 4.79 Å². The van der Waals surface area contributed by atoms with Gasteiger partial charge in [-0.25, -0.2) is 9.97 Å². The zero-order chi connectivity index (χ0) is 20.8. The third-order valence-corrected chi connectivity index (χ3v) is 5.81. The topological polar surface area (TPSA) is 49.3 Å². The van der Waals surface area contributed by atoms with Crippen LogP contribution in [0.2, 0.25) is 0 Å². The number of benzene rings is 2. The summed E-state index contributed by atoms with van der Waals surface area (Å²) >= 11 is 0. The summed E-state index contributed by atoms with van der Waals surface area (Å²) in [6.45, 7) is 5.38. The molecule has 1 saturated heterocycles. The molecule has 0 spiro atoms. The van der Waals surface area contributed by atoms with E-state index in [1.54, 1.807) is 0 Å². The second-order valence-corrected chi connectivity index (χ2v) is 7.89. The first-order chi connectivity index (χ1) is 14.7. The first kappa shape index (κ1) is 20.3. The van der Waals surface area contributed by atoms with Crippen LogP contribution in [0.5, 0.6) is 0 Å². The standard InChI is InChI=1S/C25H30N4O/c1-2-23-26-22-13-7-6-12-21(22)25(27-23)29(18-14-20-10-4-3-5-11-20)19-15-24(30)28-16-8-9-17-28/h3-7,10-13H,2,8-9,14-19H2,1H3. The fourth-order valence-corrected chi connectivity index (χ4v) is 4.09. The Bertz CT molecular complexity index is 983. The van der Waals surface area contributed by atoms with Gasteiger partial charge in [-0.2, -0.15) is 0 Å². The fourth-order valence-electron chi connectivity index (χ4n) is 4.09. The van der Waals surface area contributed by atoms with E-state index in [1.807, 2.05) is 29.2 Å². The maximum absolute atomic E-state index is 12.7. The number of carbonyl (C=O) groups excluding carboxylic acids is 1. The molecule has 2 aromatic carbocycles. The minimum Gasteiger partial charge on any atom is -0.355 e. The van der Waals surface area contributed by atoms with Crippen LogP contribution in [0.3, 0.4) is 0 Å². The molecule has 1 aromatic heterocycles. The van der Waals surface area contributed by atoms with Crippen molar-refractivity contribution in [3.05, 3.63) is 66.0 Å².